The van der Waals surface area contributed by atoms with Gasteiger partial charge >= 0.3 is 6.18 Å². The van der Waals surface area contributed by atoms with Gasteiger partial charge in [-0.3, -0.25) is 0 Å². The van der Waals surface area contributed by atoms with Crippen LogP contribution in [0.25, 0.3) is 0 Å². The summed E-state index contributed by atoms with van der Waals surface area (Å²) in [5.74, 6) is 0. The van der Waals surface area contributed by atoms with Gasteiger partial charge in [-0.1, -0.05) is 17.7 Å². The van der Waals surface area contributed by atoms with Crippen LogP contribution in [0.4, 0.5) is 18.9 Å². The Morgan fingerprint density at radius 3 is 2.47 bits per heavy atom. The highest BCUT2D eigenvalue weighted by Crippen LogP contribution is 2.25. The first-order valence-corrected chi connectivity index (χ1v) is 5.47. The molecule has 17 heavy (non-hydrogen) atoms. The van der Waals surface area contributed by atoms with Crippen molar-refractivity contribution in [3.63, 3.8) is 0 Å². The minimum atomic E-state index is -4.14. The van der Waals surface area contributed by atoms with E-state index in [4.69, 9.17) is 17.3 Å². The maximum absolute atomic E-state index is 12.1. The molecule has 0 aliphatic carbocycles. The number of nitrogens with zero attached hydrogens (tertiary/aromatic N) is 1. The molecule has 0 aliphatic heterocycles. The van der Waals surface area contributed by atoms with Gasteiger partial charge in [-0.05, 0) is 17.7 Å². The first-order valence-electron chi connectivity index (χ1n) is 5.10. The van der Waals surface area contributed by atoms with Gasteiger partial charge < -0.3 is 10.6 Å². The molecule has 0 atom stereocenters. The van der Waals surface area contributed by atoms with Gasteiger partial charge in [0.05, 0.1) is 6.42 Å². The van der Waals surface area contributed by atoms with Crippen LogP contribution in [0.1, 0.15) is 12.0 Å². The predicted octanol–water partition coefficient (Wildman–Crippen LogP) is 3.19. The molecule has 0 aromatic heterocycles. The average Bonchev–Trinajstić information content (AvgIpc) is 2.24. The van der Waals surface area contributed by atoms with E-state index >= 15 is 0 Å². The Morgan fingerprint density at radius 2 is 2.00 bits per heavy atom. The molecule has 1 rings (SSSR count). The summed E-state index contributed by atoms with van der Waals surface area (Å²) in [6.45, 7) is 0.215. The van der Waals surface area contributed by atoms with Gasteiger partial charge in [-0.15, -0.1) is 0 Å². The van der Waals surface area contributed by atoms with Crippen LogP contribution in [-0.4, -0.2) is 19.8 Å². The van der Waals surface area contributed by atoms with Crippen molar-refractivity contribution < 1.29 is 13.2 Å². The molecule has 96 valence electrons. The van der Waals surface area contributed by atoms with E-state index < -0.39 is 12.6 Å². The number of rotatable bonds is 4. The molecule has 0 radical (unpaired) electrons. The average molecular weight is 267 g/mol. The molecule has 0 aliphatic rings. The molecule has 0 fully saturated rings. The van der Waals surface area contributed by atoms with Gasteiger partial charge in [-0.2, -0.15) is 13.2 Å². The van der Waals surface area contributed by atoms with Crippen molar-refractivity contribution in [2.45, 2.75) is 19.1 Å². The van der Waals surface area contributed by atoms with E-state index in [1.165, 1.54) is 4.90 Å². The number of halogens is 4. The molecule has 1 aromatic carbocycles. The normalized spacial score (nSPS) is 11.6. The molecule has 0 amide bonds. The van der Waals surface area contributed by atoms with Crippen LogP contribution in [0.15, 0.2) is 18.2 Å². The zero-order valence-corrected chi connectivity index (χ0v) is 10.1. The molecule has 2 nitrogen and oxygen atoms in total. The van der Waals surface area contributed by atoms with Gasteiger partial charge in [0.15, 0.2) is 0 Å². The quantitative estimate of drug-likeness (QED) is 0.907. The summed E-state index contributed by atoms with van der Waals surface area (Å²) in [4.78, 5) is 1.51. The minimum absolute atomic E-state index is 0.0954. The van der Waals surface area contributed by atoms with Gasteiger partial charge in [0.1, 0.15) is 0 Å². The Morgan fingerprint density at radius 1 is 1.35 bits per heavy atom. The summed E-state index contributed by atoms with van der Waals surface area (Å²) in [7, 11) is 1.60. The molecule has 2 N–H and O–H groups in total. The third kappa shape index (κ3) is 4.44. The first-order chi connectivity index (χ1) is 7.83. The van der Waals surface area contributed by atoms with Crippen LogP contribution < -0.4 is 10.6 Å². The Balaban J connectivity index is 2.69. The molecule has 1 aromatic rings. The lowest BCUT2D eigenvalue weighted by Gasteiger charge is -2.20. The molecule has 0 saturated heterocycles. The zero-order chi connectivity index (χ0) is 13.1. The molecule has 0 unspecified atom stereocenters. The monoisotopic (exact) mass is 266 g/mol. The van der Waals surface area contributed by atoms with Crippen molar-refractivity contribution in [3.05, 3.63) is 28.8 Å². The summed E-state index contributed by atoms with van der Waals surface area (Å²) < 4.78 is 36.2. The summed E-state index contributed by atoms with van der Waals surface area (Å²) in [6.07, 6.45) is -4.99. The lowest BCUT2D eigenvalue weighted by atomic mass is 10.2. The van der Waals surface area contributed by atoms with Gasteiger partial charge in [0, 0.05) is 30.8 Å². The van der Waals surface area contributed by atoms with E-state index in [1.54, 1.807) is 25.2 Å². The fourth-order valence-corrected chi connectivity index (χ4v) is 1.61. The second-order valence-electron chi connectivity index (χ2n) is 3.77. The number of hydrogen-bond donors (Lipinski definition) is 1. The lowest BCUT2D eigenvalue weighted by Crippen LogP contribution is -2.24. The van der Waals surface area contributed by atoms with Crippen molar-refractivity contribution in [1.82, 2.24) is 0 Å². The van der Waals surface area contributed by atoms with E-state index in [2.05, 4.69) is 0 Å². The van der Waals surface area contributed by atoms with E-state index in [0.717, 1.165) is 5.56 Å². The van der Waals surface area contributed by atoms with E-state index in [9.17, 15) is 13.2 Å². The largest absolute Gasteiger partial charge is 0.390 e. The standard InChI is InChI=1S/C11H14ClF3N2/c1-17(5-4-11(13,14)15)9-3-2-8(7-16)10(12)6-9/h2-3,6H,4-5,7,16H2,1H3. The lowest BCUT2D eigenvalue weighted by molar-refractivity contribution is -0.132. The Labute approximate surface area is 103 Å². The molecule has 0 spiro atoms. The first kappa shape index (κ1) is 14.1. The zero-order valence-electron chi connectivity index (χ0n) is 9.39. The summed E-state index contributed by atoms with van der Waals surface area (Å²) in [5, 5.41) is 0.476. The van der Waals surface area contributed by atoms with Crippen LogP contribution in [0.2, 0.25) is 5.02 Å². The molecule has 0 bridgehead atoms. The number of alkyl halides is 3. The van der Waals surface area contributed by atoms with Crippen molar-refractivity contribution in [1.29, 1.82) is 0 Å². The van der Waals surface area contributed by atoms with Crippen molar-refractivity contribution in [3.8, 4) is 0 Å². The Hall–Kier alpha value is -0.940. The number of nitrogens with two attached hydrogens (primary N) is 1. The highest BCUT2D eigenvalue weighted by Gasteiger charge is 2.27. The SMILES string of the molecule is CN(CCC(F)(F)F)c1ccc(CN)c(Cl)c1. The Kier molecular flexibility index (Phi) is 4.65. The smallest absolute Gasteiger partial charge is 0.374 e. The second kappa shape index (κ2) is 5.60. The fraction of sp³-hybridized carbons (Fsp3) is 0.455. The maximum Gasteiger partial charge on any atom is 0.390 e. The van der Waals surface area contributed by atoms with Crippen molar-refractivity contribution in [2.75, 3.05) is 18.5 Å². The summed E-state index contributed by atoms with van der Waals surface area (Å²) in [5.41, 5.74) is 6.87. The van der Waals surface area contributed by atoms with Crippen LogP contribution >= 0.6 is 11.6 Å². The van der Waals surface area contributed by atoms with Crippen LogP contribution in [0, 0.1) is 0 Å². The Bertz CT molecular complexity index is 379. The topological polar surface area (TPSA) is 29.3 Å². The highest BCUT2D eigenvalue weighted by molar-refractivity contribution is 6.31. The summed E-state index contributed by atoms with van der Waals surface area (Å²) in [6, 6.07) is 5.06. The molecule has 0 heterocycles. The minimum Gasteiger partial charge on any atom is -0.374 e. The van der Waals surface area contributed by atoms with Gasteiger partial charge in [-0.25, -0.2) is 0 Å². The van der Waals surface area contributed by atoms with Crippen LogP contribution in [-0.2, 0) is 6.54 Å². The molecular formula is C11H14ClF3N2. The predicted molar refractivity (Wildman–Crippen MR) is 63.3 cm³/mol. The van der Waals surface area contributed by atoms with Crippen LogP contribution in [0.5, 0.6) is 0 Å². The third-order valence-electron chi connectivity index (χ3n) is 2.43. The van der Waals surface area contributed by atoms with E-state index in [0.29, 0.717) is 17.3 Å². The number of hydrogen-bond acceptors (Lipinski definition) is 2. The molecule has 0 saturated carbocycles. The van der Waals surface area contributed by atoms with Crippen molar-refractivity contribution >= 4 is 17.3 Å². The van der Waals surface area contributed by atoms with E-state index in [-0.39, 0.29) is 6.54 Å². The molecular weight excluding hydrogens is 253 g/mol. The van der Waals surface area contributed by atoms with Crippen molar-refractivity contribution in [2.24, 2.45) is 5.73 Å². The van der Waals surface area contributed by atoms with Gasteiger partial charge in [0.25, 0.3) is 0 Å². The van der Waals surface area contributed by atoms with E-state index in [1.807, 2.05) is 0 Å². The fourth-order valence-electron chi connectivity index (χ4n) is 1.36. The number of anilines is 1. The molecule has 6 heteroatoms. The number of benzene rings is 1. The highest BCUT2D eigenvalue weighted by atomic mass is 35.5. The summed E-state index contributed by atoms with van der Waals surface area (Å²) >= 11 is 5.93. The second-order valence-corrected chi connectivity index (χ2v) is 4.17. The maximum atomic E-state index is 12.1. The van der Waals surface area contributed by atoms with Gasteiger partial charge in [0.2, 0.25) is 0 Å². The third-order valence-corrected chi connectivity index (χ3v) is 2.78. The van der Waals surface area contributed by atoms with Crippen LogP contribution in [0.3, 0.4) is 0 Å².